The van der Waals surface area contributed by atoms with Crippen LogP contribution in [0.2, 0.25) is 0 Å². The van der Waals surface area contributed by atoms with E-state index >= 15 is 0 Å². The van der Waals surface area contributed by atoms with Crippen LogP contribution in [0.5, 0.6) is 0 Å². The van der Waals surface area contributed by atoms with Gasteiger partial charge in [0.05, 0.1) is 6.04 Å². The average Bonchev–Trinajstić information content (AvgIpc) is 1.93. The first kappa shape index (κ1) is 11.4. The third kappa shape index (κ3) is 2.91. The highest BCUT2D eigenvalue weighted by molar-refractivity contribution is 9.12. The van der Waals surface area contributed by atoms with E-state index in [-0.39, 0.29) is 12.1 Å². The second-order valence-electron chi connectivity index (χ2n) is 4.22. The zero-order valence-electron chi connectivity index (χ0n) is 8.63. The largest absolute Gasteiger partial charge is 0.444 e. The highest BCUT2D eigenvalue weighted by atomic mass is 79.9. The van der Waals surface area contributed by atoms with Crippen molar-refractivity contribution in [2.24, 2.45) is 0 Å². The van der Waals surface area contributed by atoms with Crippen molar-refractivity contribution in [3.8, 4) is 10.8 Å². The molecule has 3 nitrogen and oxygen atoms in total. The third-order valence-corrected chi connectivity index (χ3v) is 2.10. The molecule has 0 aromatic heterocycles. The molecule has 0 unspecified atom stereocenters. The second kappa shape index (κ2) is 4.22. The monoisotopic (exact) mass is 259 g/mol. The smallest absolute Gasteiger partial charge is 0.411 e. The van der Waals surface area contributed by atoms with Gasteiger partial charge in [-0.05, 0) is 32.0 Å². The van der Waals surface area contributed by atoms with Crippen molar-refractivity contribution >= 4 is 22.0 Å². The van der Waals surface area contributed by atoms with Gasteiger partial charge in [-0.1, -0.05) is 5.92 Å². The van der Waals surface area contributed by atoms with Crippen molar-refractivity contribution < 1.29 is 9.53 Å². The number of nitrogens with zero attached hydrogens (tertiary/aromatic N) is 1. The predicted octanol–water partition coefficient (Wildman–Crippen LogP) is 2.35. The molecule has 1 amide bonds. The highest BCUT2D eigenvalue weighted by Gasteiger charge is 2.33. The van der Waals surface area contributed by atoms with Crippen LogP contribution in [-0.2, 0) is 4.74 Å². The summed E-state index contributed by atoms with van der Waals surface area (Å²) in [6.45, 7) is 6.31. The normalized spacial score (nSPS) is 20.6. The molecule has 78 valence electrons. The number of hydrogen-bond donors (Lipinski definition) is 0. The maximum absolute atomic E-state index is 11.5. The van der Waals surface area contributed by atoms with Crippen LogP contribution in [0.1, 0.15) is 27.2 Å². The van der Waals surface area contributed by atoms with Gasteiger partial charge >= 0.3 is 6.09 Å². The summed E-state index contributed by atoms with van der Waals surface area (Å²) in [7, 11) is 0. The number of amides is 1. The molecule has 1 aliphatic heterocycles. The Morgan fingerprint density at radius 1 is 1.57 bits per heavy atom. The van der Waals surface area contributed by atoms with Gasteiger partial charge in [0.25, 0.3) is 0 Å². The van der Waals surface area contributed by atoms with E-state index < -0.39 is 5.60 Å². The lowest BCUT2D eigenvalue weighted by molar-refractivity contribution is 0.00420. The molecule has 4 heteroatoms. The van der Waals surface area contributed by atoms with Gasteiger partial charge in [-0.2, -0.15) is 0 Å². The first-order valence-corrected chi connectivity index (χ1v) is 5.34. The summed E-state index contributed by atoms with van der Waals surface area (Å²) in [5.74, 6) is 2.89. The highest BCUT2D eigenvalue weighted by Crippen LogP contribution is 2.20. The van der Waals surface area contributed by atoms with E-state index in [1.54, 1.807) is 4.90 Å². The molecule has 0 aromatic rings. The van der Waals surface area contributed by atoms with E-state index in [0.717, 1.165) is 13.0 Å². The predicted molar refractivity (Wildman–Crippen MR) is 58.0 cm³/mol. The number of carbonyl (C=O) groups is 1. The first-order chi connectivity index (χ1) is 6.44. The maximum atomic E-state index is 11.5. The quantitative estimate of drug-likeness (QED) is 0.626. The van der Waals surface area contributed by atoms with Gasteiger partial charge in [-0.3, -0.25) is 4.90 Å². The van der Waals surface area contributed by atoms with Crippen LogP contribution in [0, 0.1) is 10.8 Å². The van der Waals surface area contributed by atoms with Gasteiger partial charge in [0.1, 0.15) is 5.60 Å². The Morgan fingerprint density at radius 2 is 2.21 bits per heavy atom. The summed E-state index contributed by atoms with van der Waals surface area (Å²) in [6.07, 6.45) is 0.654. The lowest BCUT2D eigenvalue weighted by atomic mass is 10.1. The third-order valence-electron chi connectivity index (χ3n) is 1.87. The molecule has 0 aliphatic carbocycles. The van der Waals surface area contributed by atoms with Gasteiger partial charge in [0.15, 0.2) is 0 Å². The Labute approximate surface area is 92.9 Å². The lowest BCUT2D eigenvalue weighted by Crippen LogP contribution is -2.51. The minimum Gasteiger partial charge on any atom is -0.444 e. The lowest BCUT2D eigenvalue weighted by Gasteiger charge is -2.38. The van der Waals surface area contributed by atoms with Crippen molar-refractivity contribution in [3.05, 3.63) is 0 Å². The standard InChI is InChI=1S/C10H14BrNO2/c1-10(2,3)14-9(13)12-7-5-8(12)4-6-11/h8H,5,7H2,1-3H3/t8-/m1/s1. The zero-order chi connectivity index (χ0) is 10.8. The summed E-state index contributed by atoms with van der Waals surface area (Å²) >= 11 is 3.02. The average molecular weight is 260 g/mol. The van der Waals surface area contributed by atoms with Gasteiger partial charge in [0, 0.05) is 22.5 Å². The van der Waals surface area contributed by atoms with E-state index in [4.69, 9.17) is 4.74 Å². The molecule has 1 heterocycles. The molecule has 1 rings (SSSR count). The summed E-state index contributed by atoms with van der Waals surface area (Å²) in [5, 5.41) is 0. The molecular formula is C10H14BrNO2. The summed E-state index contributed by atoms with van der Waals surface area (Å²) in [5.41, 5.74) is -0.431. The summed E-state index contributed by atoms with van der Waals surface area (Å²) < 4.78 is 5.22. The Morgan fingerprint density at radius 3 is 2.57 bits per heavy atom. The number of hydrogen-bond acceptors (Lipinski definition) is 2. The van der Waals surface area contributed by atoms with Crippen molar-refractivity contribution in [2.75, 3.05) is 6.54 Å². The Kier molecular flexibility index (Phi) is 3.43. The Balaban J connectivity index is 2.49. The van der Waals surface area contributed by atoms with Crippen molar-refractivity contribution in [3.63, 3.8) is 0 Å². The van der Waals surface area contributed by atoms with E-state index in [0.29, 0.717) is 0 Å². The number of carbonyl (C=O) groups excluding carboxylic acids is 1. The molecule has 0 bridgehead atoms. The van der Waals surface area contributed by atoms with Gasteiger partial charge in [-0.15, -0.1) is 0 Å². The minimum absolute atomic E-state index is 0.0178. The fraction of sp³-hybridized carbons (Fsp3) is 0.700. The van der Waals surface area contributed by atoms with Crippen molar-refractivity contribution in [1.29, 1.82) is 0 Å². The molecule has 14 heavy (non-hydrogen) atoms. The van der Waals surface area contributed by atoms with Crippen LogP contribution in [0.3, 0.4) is 0 Å². The van der Waals surface area contributed by atoms with Gasteiger partial charge in [-0.25, -0.2) is 4.79 Å². The Hall–Kier alpha value is -0.690. The van der Waals surface area contributed by atoms with Crippen LogP contribution in [0.25, 0.3) is 0 Å². The van der Waals surface area contributed by atoms with Gasteiger partial charge in [0.2, 0.25) is 0 Å². The van der Waals surface area contributed by atoms with E-state index in [2.05, 4.69) is 26.7 Å². The molecule has 1 aliphatic rings. The van der Waals surface area contributed by atoms with Gasteiger partial charge < -0.3 is 4.74 Å². The Bertz CT molecular complexity index is 285. The number of ether oxygens (including phenoxy) is 1. The molecule has 1 fully saturated rings. The molecule has 1 saturated heterocycles. The molecule has 0 saturated carbocycles. The number of halogens is 1. The van der Waals surface area contributed by atoms with Crippen molar-refractivity contribution in [1.82, 2.24) is 4.90 Å². The van der Waals surface area contributed by atoms with Crippen LogP contribution >= 0.6 is 15.9 Å². The molecule has 0 N–H and O–H groups in total. The zero-order valence-corrected chi connectivity index (χ0v) is 10.2. The van der Waals surface area contributed by atoms with E-state index in [9.17, 15) is 4.79 Å². The summed E-state index contributed by atoms with van der Waals surface area (Å²) in [4.78, 5) is 15.8. The molecule has 0 radical (unpaired) electrons. The van der Waals surface area contributed by atoms with Crippen LogP contribution < -0.4 is 0 Å². The van der Waals surface area contributed by atoms with Crippen LogP contribution in [0.4, 0.5) is 4.79 Å². The summed E-state index contributed by atoms with van der Waals surface area (Å²) in [6, 6.07) is 0.0178. The number of likely N-dealkylation sites (tertiary alicyclic amines) is 1. The topological polar surface area (TPSA) is 29.5 Å². The molecule has 0 spiro atoms. The molecular weight excluding hydrogens is 246 g/mol. The fourth-order valence-electron chi connectivity index (χ4n) is 1.14. The van der Waals surface area contributed by atoms with Crippen molar-refractivity contribution in [2.45, 2.75) is 38.8 Å². The second-order valence-corrected chi connectivity index (χ2v) is 4.61. The van der Waals surface area contributed by atoms with Crippen LogP contribution in [0.15, 0.2) is 0 Å². The van der Waals surface area contributed by atoms with E-state index in [1.807, 2.05) is 20.8 Å². The van der Waals surface area contributed by atoms with E-state index in [1.165, 1.54) is 0 Å². The molecule has 1 atom stereocenters. The molecule has 0 aromatic carbocycles. The number of rotatable bonds is 0. The maximum Gasteiger partial charge on any atom is 0.411 e. The first-order valence-electron chi connectivity index (χ1n) is 4.55. The SMILES string of the molecule is CC(C)(C)OC(=O)N1CC[C@H]1C#CBr. The fourth-order valence-corrected chi connectivity index (χ4v) is 1.40. The van der Waals surface area contributed by atoms with Crippen LogP contribution in [-0.4, -0.2) is 29.2 Å². The minimum atomic E-state index is -0.431.